The second-order valence-electron chi connectivity index (χ2n) is 2.80. The van der Waals surface area contributed by atoms with E-state index in [0.717, 1.165) is 24.3 Å². The number of nitrogens with zero attached hydrogens (tertiary/aromatic N) is 2. The van der Waals surface area contributed by atoms with Crippen molar-refractivity contribution in [2.45, 2.75) is 13.1 Å². The molecular weight excluding hydrogens is 170 g/mol. The number of aliphatic hydroxyl groups is 1. The van der Waals surface area contributed by atoms with Crippen molar-refractivity contribution in [3.8, 4) is 6.01 Å². The van der Waals surface area contributed by atoms with Gasteiger partial charge in [0.25, 0.3) is 0 Å². The summed E-state index contributed by atoms with van der Waals surface area (Å²) in [5.41, 5.74) is 2.11. The molecule has 0 saturated carbocycles. The predicted octanol–water partition coefficient (Wildman–Crippen LogP) is -0.549. The number of hydrogen-bond donors (Lipinski definition) is 2. The Morgan fingerprint density at radius 3 is 3.31 bits per heavy atom. The van der Waals surface area contributed by atoms with E-state index in [0.29, 0.717) is 6.01 Å². The molecular formula is C8H11N3O2. The number of fused-ring (bicyclic) bond motifs is 1. The Balaban J connectivity index is 2.12. The molecule has 0 fully saturated rings. The van der Waals surface area contributed by atoms with Crippen molar-refractivity contribution in [2.24, 2.45) is 0 Å². The summed E-state index contributed by atoms with van der Waals surface area (Å²) in [4.78, 5) is 8.19. The average Bonchev–Trinajstić information content (AvgIpc) is 2.61. The minimum atomic E-state index is -0.0152. The number of aliphatic hydroxyl groups excluding tert-OH is 1. The van der Waals surface area contributed by atoms with Crippen molar-refractivity contribution in [1.82, 2.24) is 15.3 Å². The van der Waals surface area contributed by atoms with Crippen LogP contribution < -0.4 is 10.1 Å². The smallest absolute Gasteiger partial charge is 0.316 e. The summed E-state index contributed by atoms with van der Waals surface area (Å²) in [5, 5.41) is 11.7. The lowest BCUT2D eigenvalue weighted by Gasteiger charge is -2.02. The predicted molar refractivity (Wildman–Crippen MR) is 45.2 cm³/mol. The molecule has 0 unspecified atom stereocenters. The number of rotatable bonds is 3. The Morgan fingerprint density at radius 2 is 2.46 bits per heavy atom. The van der Waals surface area contributed by atoms with Gasteiger partial charge >= 0.3 is 6.01 Å². The third-order valence-electron chi connectivity index (χ3n) is 1.86. The van der Waals surface area contributed by atoms with E-state index in [9.17, 15) is 0 Å². The van der Waals surface area contributed by atoms with Crippen molar-refractivity contribution >= 4 is 0 Å². The summed E-state index contributed by atoms with van der Waals surface area (Å²) >= 11 is 0. The summed E-state index contributed by atoms with van der Waals surface area (Å²) in [5.74, 6) is 0. The molecule has 2 heterocycles. The third-order valence-corrected chi connectivity index (χ3v) is 1.86. The number of hydrogen-bond acceptors (Lipinski definition) is 5. The molecule has 13 heavy (non-hydrogen) atoms. The summed E-state index contributed by atoms with van der Waals surface area (Å²) in [7, 11) is 0. The zero-order valence-corrected chi connectivity index (χ0v) is 7.16. The number of aromatic nitrogens is 2. The van der Waals surface area contributed by atoms with Crippen LogP contribution in [0.3, 0.4) is 0 Å². The molecule has 0 saturated heterocycles. The van der Waals surface area contributed by atoms with Gasteiger partial charge in [-0.25, -0.2) is 4.98 Å². The maximum Gasteiger partial charge on any atom is 0.316 e. The van der Waals surface area contributed by atoms with Crippen LogP contribution in [0.2, 0.25) is 0 Å². The average molecular weight is 181 g/mol. The first kappa shape index (κ1) is 8.40. The molecule has 2 N–H and O–H groups in total. The molecule has 1 aromatic heterocycles. The molecule has 0 spiro atoms. The summed E-state index contributed by atoms with van der Waals surface area (Å²) < 4.78 is 5.08. The van der Waals surface area contributed by atoms with Gasteiger partial charge in [-0.1, -0.05) is 0 Å². The lowest BCUT2D eigenvalue weighted by atomic mass is 10.3. The van der Waals surface area contributed by atoms with Crippen LogP contribution in [0.5, 0.6) is 6.01 Å². The zero-order chi connectivity index (χ0) is 9.10. The molecule has 0 aromatic carbocycles. The second-order valence-corrected chi connectivity index (χ2v) is 2.80. The summed E-state index contributed by atoms with van der Waals surface area (Å²) in [6, 6.07) is 0.344. The Kier molecular flexibility index (Phi) is 2.37. The van der Waals surface area contributed by atoms with Gasteiger partial charge in [-0.05, 0) is 0 Å². The molecule has 70 valence electrons. The van der Waals surface area contributed by atoms with Gasteiger partial charge in [-0.15, -0.1) is 0 Å². The topological polar surface area (TPSA) is 67.3 Å². The molecule has 5 heteroatoms. The monoisotopic (exact) mass is 181 g/mol. The number of ether oxygens (including phenoxy) is 1. The van der Waals surface area contributed by atoms with Gasteiger partial charge in [0.05, 0.1) is 12.3 Å². The molecule has 0 aliphatic carbocycles. The molecule has 0 atom stereocenters. The van der Waals surface area contributed by atoms with Gasteiger partial charge in [0.2, 0.25) is 0 Å². The van der Waals surface area contributed by atoms with Crippen LogP contribution in [0.1, 0.15) is 11.3 Å². The van der Waals surface area contributed by atoms with E-state index >= 15 is 0 Å². The first-order valence-electron chi connectivity index (χ1n) is 4.19. The van der Waals surface area contributed by atoms with E-state index in [-0.39, 0.29) is 13.2 Å². The normalized spacial score (nSPS) is 14.2. The fraction of sp³-hybridized carbons (Fsp3) is 0.500. The van der Waals surface area contributed by atoms with E-state index in [1.54, 1.807) is 6.20 Å². The Morgan fingerprint density at radius 1 is 1.54 bits per heavy atom. The summed E-state index contributed by atoms with van der Waals surface area (Å²) in [6.07, 6.45) is 1.76. The van der Waals surface area contributed by atoms with E-state index in [1.807, 2.05) is 0 Å². The van der Waals surface area contributed by atoms with Crippen LogP contribution in [-0.2, 0) is 13.1 Å². The van der Waals surface area contributed by atoms with Gasteiger partial charge in [-0.3, -0.25) is 0 Å². The lowest BCUT2D eigenvalue weighted by Crippen LogP contribution is -2.06. The minimum absolute atomic E-state index is 0.0152. The van der Waals surface area contributed by atoms with Crippen molar-refractivity contribution in [3.05, 3.63) is 17.5 Å². The summed E-state index contributed by atoms with van der Waals surface area (Å²) in [6.45, 7) is 1.83. The standard InChI is InChI=1S/C8H11N3O2/c12-1-2-13-8-10-4-6-3-9-5-7(6)11-8/h4,9,12H,1-3,5H2. The molecule has 0 amide bonds. The van der Waals surface area contributed by atoms with Gasteiger partial charge in [0, 0.05) is 24.8 Å². The largest absolute Gasteiger partial charge is 0.461 e. The highest BCUT2D eigenvalue weighted by atomic mass is 16.5. The van der Waals surface area contributed by atoms with Crippen LogP contribution in [0.15, 0.2) is 6.20 Å². The fourth-order valence-corrected chi connectivity index (χ4v) is 1.25. The number of nitrogens with one attached hydrogen (secondary N) is 1. The zero-order valence-electron chi connectivity index (χ0n) is 7.16. The first-order chi connectivity index (χ1) is 6.40. The minimum Gasteiger partial charge on any atom is -0.461 e. The van der Waals surface area contributed by atoms with Crippen LogP contribution in [0.4, 0.5) is 0 Å². The molecule has 1 aromatic rings. The Bertz CT molecular complexity index is 303. The van der Waals surface area contributed by atoms with E-state index in [1.165, 1.54) is 0 Å². The van der Waals surface area contributed by atoms with Crippen molar-refractivity contribution < 1.29 is 9.84 Å². The van der Waals surface area contributed by atoms with Gasteiger partial charge in [-0.2, -0.15) is 4.98 Å². The van der Waals surface area contributed by atoms with Crippen molar-refractivity contribution in [1.29, 1.82) is 0 Å². The highest BCUT2D eigenvalue weighted by molar-refractivity contribution is 5.22. The molecule has 1 aliphatic rings. The van der Waals surface area contributed by atoms with E-state index in [2.05, 4.69) is 15.3 Å². The van der Waals surface area contributed by atoms with Gasteiger partial charge < -0.3 is 15.2 Å². The van der Waals surface area contributed by atoms with Crippen LogP contribution in [0.25, 0.3) is 0 Å². The maximum absolute atomic E-state index is 8.53. The second kappa shape index (κ2) is 3.68. The van der Waals surface area contributed by atoms with E-state index < -0.39 is 0 Å². The maximum atomic E-state index is 8.53. The third kappa shape index (κ3) is 1.76. The Labute approximate surface area is 75.8 Å². The van der Waals surface area contributed by atoms with Crippen LogP contribution in [-0.4, -0.2) is 28.3 Å². The highest BCUT2D eigenvalue weighted by Gasteiger charge is 2.12. The first-order valence-corrected chi connectivity index (χ1v) is 4.19. The SMILES string of the molecule is OCCOc1ncc2c(n1)CNC2. The van der Waals surface area contributed by atoms with Crippen LogP contribution >= 0.6 is 0 Å². The molecule has 1 aliphatic heterocycles. The van der Waals surface area contributed by atoms with Crippen molar-refractivity contribution in [2.75, 3.05) is 13.2 Å². The molecule has 2 rings (SSSR count). The fourth-order valence-electron chi connectivity index (χ4n) is 1.25. The quantitative estimate of drug-likeness (QED) is 0.655. The lowest BCUT2D eigenvalue weighted by molar-refractivity contribution is 0.191. The molecule has 0 bridgehead atoms. The highest BCUT2D eigenvalue weighted by Crippen LogP contribution is 2.13. The molecule has 0 radical (unpaired) electrons. The molecule has 5 nitrogen and oxygen atoms in total. The Hall–Kier alpha value is -1.20. The van der Waals surface area contributed by atoms with Crippen LogP contribution in [0, 0.1) is 0 Å². The van der Waals surface area contributed by atoms with Gasteiger partial charge in [0.1, 0.15) is 6.61 Å². The van der Waals surface area contributed by atoms with Crippen molar-refractivity contribution in [3.63, 3.8) is 0 Å². The van der Waals surface area contributed by atoms with Gasteiger partial charge in [0.15, 0.2) is 0 Å². The van der Waals surface area contributed by atoms with E-state index in [4.69, 9.17) is 9.84 Å².